The summed E-state index contributed by atoms with van der Waals surface area (Å²) in [4.78, 5) is 10.5. The van der Waals surface area contributed by atoms with Crippen molar-refractivity contribution in [3.05, 3.63) is 35.9 Å². The van der Waals surface area contributed by atoms with Gasteiger partial charge >= 0.3 is 0 Å². The summed E-state index contributed by atoms with van der Waals surface area (Å²) >= 11 is 0. The van der Waals surface area contributed by atoms with Crippen LogP contribution in [0, 0.1) is 0 Å². The van der Waals surface area contributed by atoms with Gasteiger partial charge in [-0.3, -0.25) is 4.79 Å². The molecule has 1 aromatic carbocycles. The number of hydrogen-bond donors (Lipinski definition) is 1. The van der Waals surface area contributed by atoms with E-state index in [1.165, 1.54) is 6.08 Å². The van der Waals surface area contributed by atoms with E-state index in [9.17, 15) is 4.79 Å². The molecule has 0 saturated heterocycles. The summed E-state index contributed by atoms with van der Waals surface area (Å²) in [5, 5.41) is 0. The molecule has 2 N–H and O–H groups in total. The monoisotopic (exact) mass is 205 g/mol. The smallest absolute Gasteiger partial charge is 0.241 e. The van der Waals surface area contributed by atoms with Gasteiger partial charge in [-0.05, 0) is 30.2 Å². The van der Waals surface area contributed by atoms with Crippen LogP contribution in [0.1, 0.15) is 18.9 Å². The molecule has 0 unspecified atom stereocenters. The summed E-state index contributed by atoms with van der Waals surface area (Å²) in [6, 6.07) is 7.52. The van der Waals surface area contributed by atoms with Crippen LogP contribution < -0.4 is 10.5 Å². The van der Waals surface area contributed by atoms with Gasteiger partial charge in [0.2, 0.25) is 5.91 Å². The highest BCUT2D eigenvalue weighted by atomic mass is 16.5. The third-order valence-electron chi connectivity index (χ3n) is 1.77. The summed E-state index contributed by atoms with van der Waals surface area (Å²) < 4.78 is 5.45. The van der Waals surface area contributed by atoms with E-state index >= 15 is 0 Å². The van der Waals surface area contributed by atoms with Crippen molar-refractivity contribution in [2.45, 2.75) is 13.3 Å². The number of amides is 1. The molecule has 3 nitrogen and oxygen atoms in total. The van der Waals surface area contributed by atoms with E-state index in [-0.39, 0.29) is 0 Å². The summed E-state index contributed by atoms with van der Waals surface area (Å²) in [5.74, 6) is 0.360. The summed E-state index contributed by atoms with van der Waals surface area (Å²) in [7, 11) is 0. The van der Waals surface area contributed by atoms with Crippen LogP contribution in [0.25, 0.3) is 6.08 Å². The van der Waals surface area contributed by atoms with Crippen molar-refractivity contribution in [1.82, 2.24) is 0 Å². The van der Waals surface area contributed by atoms with Crippen molar-refractivity contribution in [2.75, 3.05) is 6.61 Å². The van der Waals surface area contributed by atoms with Crippen molar-refractivity contribution in [2.24, 2.45) is 5.73 Å². The van der Waals surface area contributed by atoms with Crippen LogP contribution in [-0.4, -0.2) is 12.5 Å². The standard InChI is InChI=1S/C12H15NO2/c1-2-8-15-11-5-3-4-10(9-11)6-7-12(13)14/h3-7,9H,2,8H2,1H3,(H2,13,14)/b7-6-. The molecule has 15 heavy (non-hydrogen) atoms. The molecule has 0 bridgehead atoms. The number of benzene rings is 1. The average Bonchev–Trinajstić information content (AvgIpc) is 2.24. The fourth-order valence-electron chi connectivity index (χ4n) is 1.11. The Morgan fingerprint density at radius 3 is 3.00 bits per heavy atom. The quantitative estimate of drug-likeness (QED) is 0.747. The molecule has 1 aromatic rings. The van der Waals surface area contributed by atoms with Gasteiger partial charge in [0.25, 0.3) is 0 Å². The van der Waals surface area contributed by atoms with Crippen LogP contribution in [0.2, 0.25) is 0 Å². The van der Waals surface area contributed by atoms with Crippen LogP contribution in [-0.2, 0) is 4.79 Å². The number of rotatable bonds is 5. The van der Waals surface area contributed by atoms with Gasteiger partial charge in [-0.1, -0.05) is 19.1 Å². The Kier molecular flexibility index (Phi) is 4.41. The van der Waals surface area contributed by atoms with E-state index in [4.69, 9.17) is 10.5 Å². The summed E-state index contributed by atoms with van der Waals surface area (Å²) in [5.41, 5.74) is 5.91. The van der Waals surface area contributed by atoms with Gasteiger partial charge in [-0.2, -0.15) is 0 Å². The Morgan fingerprint density at radius 1 is 1.53 bits per heavy atom. The van der Waals surface area contributed by atoms with Crippen LogP contribution in [0.4, 0.5) is 0 Å². The molecule has 0 heterocycles. The zero-order valence-electron chi connectivity index (χ0n) is 8.77. The number of carbonyl (C=O) groups is 1. The molecule has 0 fully saturated rings. The van der Waals surface area contributed by atoms with Gasteiger partial charge in [0.15, 0.2) is 0 Å². The van der Waals surface area contributed by atoms with E-state index in [2.05, 4.69) is 6.92 Å². The molecule has 1 amide bonds. The van der Waals surface area contributed by atoms with E-state index in [1.54, 1.807) is 6.08 Å². The minimum Gasteiger partial charge on any atom is -0.494 e. The summed E-state index contributed by atoms with van der Waals surface area (Å²) in [6.07, 6.45) is 3.97. The zero-order chi connectivity index (χ0) is 11.1. The molecule has 0 aromatic heterocycles. The zero-order valence-corrected chi connectivity index (χ0v) is 8.77. The first-order valence-corrected chi connectivity index (χ1v) is 4.92. The van der Waals surface area contributed by atoms with Crippen LogP contribution in [0.3, 0.4) is 0 Å². The lowest BCUT2D eigenvalue weighted by molar-refractivity contribution is -0.113. The number of hydrogen-bond acceptors (Lipinski definition) is 2. The molecule has 0 radical (unpaired) electrons. The first kappa shape index (κ1) is 11.3. The molecule has 0 aliphatic rings. The summed E-state index contributed by atoms with van der Waals surface area (Å²) in [6.45, 7) is 2.75. The lowest BCUT2D eigenvalue weighted by Crippen LogP contribution is -2.05. The van der Waals surface area contributed by atoms with Crippen molar-refractivity contribution >= 4 is 12.0 Å². The molecule has 0 aliphatic carbocycles. The minimum atomic E-state index is -0.449. The molecular weight excluding hydrogens is 190 g/mol. The maximum atomic E-state index is 10.5. The molecular formula is C12H15NO2. The van der Waals surface area contributed by atoms with Crippen LogP contribution in [0.15, 0.2) is 30.3 Å². The second kappa shape index (κ2) is 5.86. The predicted molar refractivity (Wildman–Crippen MR) is 60.5 cm³/mol. The maximum Gasteiger partial charge on any atom is 0.241 e. The number of primary amides is 1. The highest BCUT2D eigenvalue weighted by Gasteiger charge is 1.94. The van der Waals surface area contributed by atoms with Gasteiger partial charge < -0.3 is 10.5 Å². The lowest BCUT2D eigenvalue weighted by Gasteiger charge is -2.04. The Hall–Kier alpha value is -1.77. The number of carbonyl (C=O) groups excluding carboxylic acids is 1. The van der Waals surface area contributed by atoms with Gasteiger partial charge in [-0.25, -0.2) is 0 Å². The lowest BCUT2D eigenvalue weighted by atomic mass is 10.2. The van der Waals surface area contributed by atoms with Crippen molar-refractivity contribution in [3.63, 3.8) is 0 Å². The van der Waals surface area contributed by atoms with Crippen molar-refractivity contribution in [3.8, 4) is 5.75 Å². The SMILES string of the molecule is CCCOc1cccc(/C=C\C(N)=O)c1. The number of ether oxygens (including phenoxy) is 1. The van der Waals surface area contributed by atoms with Gasteiger partial charge in [0.1, 0.15) is 5.75 Å². The molecule has 3 heteroatoms. The Morgan fingerprint density at radius 2 is 2.33 bits per heavy atom. The average molecular weight is 205 g/mol. The highest BCUT2D eigenvalue weighted by molar-refractivity contribution is 5.90. The maximum absolute atomic E-state index is 10.5. The first-order chi connectivity index (χ1) is 7.22. The Labute approximate surface area is 89.5 Å². The second-order valence-corrected chi connectivity index (χ2v) is 3.16. The third kappa shape index (κ3) is 4.31. The second-order valence-electron chi connectivity index (χ2n) is 3.16. The van der Waals surface area contributed by atoms with E-state index in [1.807, 2.05) is 24.3 Å². The van der Waals surface area contributed by atoms with Crippen molar-refractivity contribution in [1.29, 1.82) is 0 Å². The van der Waals surface area contributed by atoms with Gasteiger partial charge in [0, 0.05) is 6.08 Å². The normalized spacial score (nSPS) is 10.5. The highest BCUT2D eigenvalue weighted by Crippen LogP contribution is 2.14. The van der Waals surface area contributed by atoms with E-state index in [0.717, 1.165) is 17.7 Å². The molecule has 0 atom stereocenters. The Balaban J connectivity index is 2.69. The van der Waals surface area contributed by atoms with Gasteiger partial charge in [-0.15, -0.1) is 0 Å². The predicted octanol–water partition coefficient (Wildman–Crippen LogP) is 1.97. The van der Waals surface area contributed by atoms with Gasteiger partial charge in [0.05, 0.1) is 6.61 Å². The molecule has 0 spiro atoms. The largest absolute Gasteiger partial charge is 0.494 e. The molecule has 1 rings (SSSR count). The van der Waals surface area contributed by atoms with Crippen LogP contribution in [0.5, 0.6) is 5.75 Å². The number of nitrogens with two attached hydrogens (primary N) is 1. The minimum absolute atomic E-state index is 0.449. The third-order valence-corrected chi connectivity index (χ3v) is 1.77. The van der Waals surface area contributed by atoms with E-state index < -0.39 is 5.91 Å². The topological polar surface area (TPSA) is 52.3 Å². The molecule has 80 valence electrons. The fraction of sp³-hybridized carbons (Fsp3) is 0.250. The Bertz CT molecular complexity index is 358. The fourth-order valence-corrected chi connectivity index (χ4v) is 1.11. The van der Waals surface area contributed by atoms with E-state index in [0.29, 0.717) is 6.61 Å². The van der Waals surface area contributed by atoms with Crippen molar-refractivity contribution < 1.29 is 9.53 Å². The molecule has 0 aliphatic heterocycles. The van der Waals surface area contributed by atoms with Crippen LogP contribution >= 0.6 is 0 Å². The molecule has 0 saturated carbocycles. The first-order valence-electron chi connectivity index (χ1n) is 4.92.